The number of hydrogen-bond donors (Lipinski definition) is 0. The van der Waals surface area contributed by atoms with Gasteiger partial charge in [0.1, 0.15) is 6.10 Å². The van der Waals surface area contributed by atoms with Crippen molar-refractivity contribution in [3.8, 4) is 0 Å². The Kier molecular flexibility index (Phi) is 40.2. The molecule has 0 aromatic rings. The van der Waals surface area contributed by atoms with Crippen molar-refractivity contribution in [2.24, 2.45) is 0 Å². The van der Waals surface area contributed by atoms with Crippen LogP contribution in [0.1, 0.15) is 220 Å². The van der Waals surface area contributed by atoms with Crippen molar-refractivity contribution in [2.45, 2.75) is 226 Å². The van der Waals surface area contributed by atoms with Crippen molar-refractivity contribution in [3.05, 3.63) is 0 Å². The molecule has 5 heteroatoms. The summed E-state index contributed by atoms with van der Waals surface area (Å²) in [7, 11) is 0. The molecule has 0 N–H and O–H groups in total. The minimum atomic E-state index is -0.302. The van der Waals surface area contributed by atoms with Crippen LogP contribution in [0.2, 0.25) is 0 Å². The zero-order chi connectivity index (χ0) is 35.0. The van der Waals surface area contributed by atoms with E-state index in [2.05, 4.69) is 32.6 Å². The minimum Gasteiger partial charge on any atom is -0.457 e. The molecule has 288 valence electrons. The number of hydrogen-bond acceptors (Lipinski definition) is 5. The maximum atomic E-state index is 12.6. The Labute approximate surface area is 301 Å². The van der Waals surface area contributed by atoms with Gasteiger partial charge in [-0.05, 0) is 38.9 Å². The van der Waals surface area contributed by atoms with Crippen LogP contribution in [-0.2, 0) is 19.0 Å². The smallest absolute Gasteiger partial charge is 0.306 e. The predicted molar refractivity (Wildman–Crippen MR) is 209 cm³/mol. The summed E-state index contributed by atoms with van der Waals surface area (Å²) in [5.41, 5.74) is 0. The van der Waals surface area contributed by atoms with Gasteiger partial charge in [0.05, 0.1) is 13.2 Å². The van der Waals surface area contributed by atoms with E-state index in [-0.39, 0.29) is 12.1 Å². The first kappa shape index (κ1) is 47.4. The fraction of sp³-hybridized carbons (Fsp3) is 0.977. The number of esters is 1. The lowest BCUT2D eigenvalue weighted by molar-refractivity contribution is -0.156. The first-order valence-corrected chi connectivity index (χ1v) is 21.7. The van der Waals surface area contributed by atoms with Crippen molar-refractivity contribution in [1.82, 2.24) is 4.90 Å². The molecule has 0 amide bonds. The van der Waals surface area contributed by atoms with Gasteiger partial charge in [0.2, 0.25) is 0 Å². The van der Waals surface area contributed by atoms with Gasteiger partial charge < -0.3 is 19.1 Å². The summed E-state index contributed by atoms with van der Waals surface area (Å²) in [4.78, 5) is 15.0. The topological polar surface area (TPSA) is 48.0 Å². The highest BCUT2D eigenvalue weighted by molar-refractivity contribution is 5.69. The number of nitrogens with zero attached hydrogens (tertiary/aromatic N) is 1. The first-order chi connectivity index (χ1) is 23.7. The van der Waals surface area contributed by atoms with E-state index in [9.17, 15) is 4.79 Å². The van der Waals surface area contributed by atoms with Crippen LogP contribution >= 0.6 is 0 Å². The van der Waals surface area contributed by atoms with E-state index >= 15 is 0 Å². The zero-order valence-electron chi connectivity index (χ0n) is 33.3. The highest BCUT2D eigenvalue weighted by Crippen LogP contribution is 2.15. The third-order valence-electron chi connectivity index (χ3n) is 9.94. The molecule has 48 heavy (non-hydrogen) atoms. The normalized spacial score (nSPS) is 11.7. The number of rotatable bonds is 41. The van der Waals surface area contributed by atoms with Gasteiger partial charge in [0, 0.05) is 19.6 Å². The summed E-state index contributed by atoms with van der Waals surface area (Å²) in [5.74, 6) is -0.118. The summed E-state index contributed by atoms with van der Waals surface area (Å²) < 4.78 is 17.8. The van der Waals surface area contributed by atoms with Crippen molar-refractivity contribution in [1.29, 1.82) is 0 Å². The van der Waals surface area contributed by atoms with Crippen LogP contribution in [0.3, 0.4) is 0 Å². The third kappa shape index (κ3) is 36.6. The highest BCUT2D eigenvalue weighted by atomic mass is 16.6. The molecular formula is C43H87NO4. The highest BCUT2D eigenvalue weighted by Gasteiger charge is 2.16. The largest absolute Gasteiger partial charge is 0.457 e. The fourth-order valence-electron chi connectivity index (χ4n) is 6.57. The quantitative estimate of drug-likeness (QED) is 0.0475. The van der Waals surface area contributed by atoms with Crippen molar-refractivity contribution in [3.63, 3.8) is 0 Å². The second-order valence-electron chi connectivity index (χ2n) is 14.6. The van der Waals surface area contributed by atoms with Crippen LogP contribution in [0.5, 0.6) is 0 Å². The van der Waals surface area contributed by atoms with Gasteiger partial charge in [-0.15, -0.1) is 0 Å². The molecule has 0 aromatic carbocycles. The van der Waals surface area contributed by atoms with E-state index in [1.54, 1.807) is 0 Å². The summed E-state index contributed by atoms with van der Waals surface area (Å²) in [5, 5.41) is 0. The summed E-state index contributed by atoms with van der Waals surface area (Å²) in [6.45, 7) is 14.3. The van der Waals surface area contributed by atoms with Gasteiger partial charge >= 0.3 is 5.97 Å². The Morgan fingerprint density at radius 1 is 0.438 bits per heavy atom. The molecular weight excluding hydrogens is 594 g/mol. The van der Waals surface area contributed by atoms with Crippen LogP contribution in [0.15, 0.2) is 0 Å². The molecule has 0 aromatic heterocycles. The van der Waals surface area contributed by atoms with Gasteiger partial charge in [0.15, 0.2) is 0 Å². The second kappa shape index (κ2) is 40.8. The van der Waals surface area contributed by atoms with E-state index in [4.69, 9.17) is 14.2 Å². The average molecular weight is 682 g/mol. The van der Waals surface area contributed by atoms with Crippen LogP contribution in [0, 0.1) is 0 Å². The lowest BCUT2D eigenvalue weighted by atomic mass is 10.0. The van der Waals surface area contributed by atoms with Gasteiger partial charge in [-0.3, -0.25) is 4.79 Å². The monoisotopic (exact) mass is 682 g/mol. The molecule has 0 unspecified atom stereocenters. The molecule has 0 radical (unpaired) electrons. The summed E-state index contributed by atoms with van der Waals surface area (Å²) in [6.07, 6.45) is 39.1. The van der Waals surface area contributed by atoms with Crippen LogP contribution in [0.25, 0.3) is 0 Å². The van der Waals surface area contributed by atoms with Gasteiger partial charge in [-0.1, -0.05) is 195 Å². The molecule has 0 saturated heterocycles. The SMILES string of the molecule is CCCCCCCCCCCCCCCCOCC(COCCCCCCCCCCCCCCCC)OC(=O)CCCN(CC)CC. The summed E-state index contributed by atoms with van der Waals surface area (Å²) >= 11 is 0. The molecule has 0 heterocycles. The minimum absolute atomic E-state index is 0.118. The number of unbranched alkanes of at least 4 members (excludes halogenated alkanes) is 26. The molecule has 0 rings (SSSR count). The fourth-order valence-corrected chi connectivity index (χ4v) is 6.57. The van der Waals surface area contributed by atoms with E-state index in [0.717, 1.165) is 52.1 Å². The maximum Gasteiger partial charge on any atom is 0.306 e. The van der Waals surface area contributed by atoms with Gasteiger partial charge in [-0.25, -0.2) is 0 Å². The standard InChI is InChI=1S/C43H87NO4/c1-5-9-11-13-15-17-19-21-23-25-27-29-31-33-38-46-40-42(48-43(45)36-35-37-44(7-3)8-4)41-47-39-34-32-30-28-26-24-22-20-18-16-14-12-10-6-2/h42H,5-41H2,1-4H3. The molecule has 0 bridgehead atoms. The van der Waals surface area contributed by atoms with E-state index < -0.39 is 0 Å². The van der Waals surface area contributed by atoms with Crippen LogP contribution < -0.4 is 0 Å². The van der Waals surface area contributed by atoms with Gasteiger partial charge in [-0.2, -0.15) is 0 Å². The molecule has 0 fully saturated rings. The Hall–Kier alpha value is -0.650. The second-order valence-corrected chi connectivity index (χ2v) is 14.6. The number of carbonyl (C=O) groups is 1. The molecule has 0 saturated carbocycles. The van der Waals surface area contributed by atoms with E-state index in [1.807, 2.05) is 0 Å². The Balaban J connectivity index is 3.98. The Morgan fingerprint density at radius 2 is 0.750 bits per heavy atom. The van der Waals surface area contributed by atoms with Crippen LogP contribution in [-0.4, -0.2) is 63.0 Å². The molecule has 5 nitrogen and oxygen atoms in total. The molecule has 0 spiro atoms. The van der Waals surface area contributed by atoms with Crippen molar-refractivity contribution < 1.29 is 19.0 Å². The lowest BCUT2D eigenvalue weighted by Gasteiger charge is -2.20. The molecule has 0 aliphatic rings. The van der Waals surface area contributed by atoms with Crippen molar-refractivity contribution in [2.75, 3.05) is 46.1 Å². The van der Waals surface area contributed by atoms with Gasteiger partial charge in [0.25, 0.3) is 0 Å². The molecule has 0 aliphatic heterocycles. The predicted octanol–water partition coefficient (Wildman–Crippen LogP) is 13.0. The number of ether oxygens (including phenoxy) is 3. The Bertz CT molecular complexity index is 576. The Morgan fingerprint density at radius 3 is 1.06 bits per heavy atom. The first-order valence-electron chi connectivity index (χ1n) is 21.7. The maximum absolute atomic E-state index is 12.6. The lowest BCUT2D eigenvalue weighted by Crippen LogP contribution is -2.30. The van der Waals surface area contributed by atoms with Crippen LogP contribution in [0.4, 0.5) is 0 Å². The van der Waals surface area contributed by atoms with E-state index in [1.165, 1.54) is 167 Å². The zero-order valence-corrected chi connectivity index (χ0v) is 33.3. The van der Waals surface area contributed by atoms with Crippen molar-refractivity contribution >= 4 is 5.97 Å². The number of carbonyl (C=O) groups excluding carboxylic acids is 1. The van der Waals surface area contributed by atoms with E-state index in [0.29, 0.717) is 19.6 Å². The molecule has 0 atom stereocenters. The average Bonchev–Trinajstić information content (AvgIpc) is 3.09. The third-order valence-corrected chi connectivity index (χ3v) is 9.94. The molecule has 0 aliphatic carbocycles. The summed E-state index contributed by atoms with van der Waals surface area (Å²) in [6, 6.07) is 0.